The normalized spacial score (nSPS) is 10.7. The molecule has 0 aliphatic rings. The smallest absolute Gasteiger partial charge is 0.258 e. The molecule has 7 heteroatoms. The van der Waals surface area contributed by atoms with Crippen LogP contribution in [0.25, 0.3) is 10.9 Å². The van der Waals surface area contributed by atoms with Crippen LogP contribution in [0.1, 0.15) is 22.8 Å². The standard InChI is InChI=1S/C22H24N2O5/c1-3-29-17-8-9-19-15(13-17)12-16(21(26)23-19)14-24(10-11-25)22(27)18-6-4-5-7-20(18)28-2/h4-9,12-13,25H,3,10-11,14H2,1-2H3,(H,23,26). The van der Waals surface area contributed by atoms with Crippen molar-refractivity contribution in [1.82, 2.24) is 9.88 Å². The van der Waals surface area contributed by atoms with Crippen molar-refractivity contribution in [2.75, 3.05) is 26.9 Å². The lowest BCUT2D eigenvalue weighted by molar-refractivity contribution is 0.0704. The van der Waals surface area contributed by atoms with Gasteiger partial charge in [-0.1, -0.05) is 12.1 Å². The minimum absolute atomic E-state index is 0.0571. The number of H-pyrrole nitrogens is 1. The molecular formula is C22H24N2O5. The van der Waals surface area contributed by atoms with Crippen LogP contribution in [0.15, 0.2) is 53.3 Å². The fraction of sp³-hybridized carbons (Fsp3) is 0.273. The molecule has 0 bridgehead atoms. The largest absolute Gasteiger partial charge is 0.496 e. The van der Waals surface area contributed by atoms with E-state index < -0.39 is 0 Å². The fourth-order valence-corrected chi connectivity index (χ4v) is 3.17. The molecule has 0 saturated carbocycles. The first-order valence-corrected chi connectivity index (χ1v) is 9.39. The molecule has 2 aromatic carbocycles. The number of pyridine rings is 1. The van der Waals surface area contributed by atoms with Crippen LogP contribution >= 0.6 is 0 Å². The van der Waals surface area contributed by atoms with Crippen molar-refractivity contribution in [1.29, 1.82) is 0 Å². The quantitative estimate of drug-likeness (QED) is 0.611. The van der Waals surface area contributed by atoms with Crippen LogP contribution in [0, 0.1) is 0 Å². The van der Waals surface area contributed by atoms with Crippen LogP contribution in [0.5, 0.6) is 11.5 Å². The number of para-hydroxylation sites is 1. The first-order valence-electron chi connectivity index (χ1n) is 9.39. The number of fused-ring (bicyclic) bond motifs is 1. The van der Waals surface area contributed by atoms with Gasteiger partial charge in [-0.3, -0.25) is 9.59 Å². The molecule has 1 amide bonds. The molecule has 1 aromatic heterocycles. The summed E-state index contributed by atoms with van der Waals surface area (Å²) in [6, 6.07) is 14.0. The first-order chi connectivity index (χ1) is 14.1. The van der Waals surface area contributed by atoms with Crippen LogP contribution in [-0.4, -0.2) is 47.8 Å². The minimum Gasteiger partial charge on any atom is -0.496 e. The number of aromatic amines is 1. The number of benzene rings is 2. The Morgan fingerprint density at radius 2 is 1.97 bits per heavy atom. The molecule has 0 unspecified atom stereocenters. The number of aliphatic hydroxyl groups excluding tert-OH is 1. The van der Waals surface area contributed by atoms with Crippen molar-refractivity contribution in [3.63, 3.8) is 0 Å². The Balaban J connectivity index is 1.95. The summed E-state index contributed by atoms with van der Waals surface area (Å²) in [6.45, 7) is 2.37. The minimum atomic E-state index is -0.320. The molecule has 0 atom stereocenters. The third-order valence-electron chi connectivity index (χ3n) is 4.56. The predicted molar refractivity (Wildman–Crippen MR) is 111 cm³/mol. The maximum atomic E-state index is 13.0. The zero-order chi connectivity index (χ0) is 20.8. The van der Waals surface area contributed by atoms with Crippen molar-refractivity contribution in [2.45, 2.75) is 13.5 Å². The number of nitrogens with one attached hydrogen (secondary N) is 1. The van der Waals surface area contributed by atoms with E-state index in [0.717, 1.165) is 5.39 Å². The monoisotopic (exact) mass is 396 g/mol. The fourth-order valence-electron chi connectivity index (χ4n) is 3.17. The molecular weight excluding hydrogens is 372 g/mol. The van der Waals surface area contributed by atoms with E-state index in [1.165, 1.54) is 12.0 Å². The highest BCUT2D eigenvalue weighted by Crippen LogP contribution is 2.22. The molecule has 0 aliphatic carbocycles. The average molecular weight is 396 g/mol. The molecule has 2 N–H and O–H groups in total. The second-order valence-corrected chi connectivity index (χ2v) is 6.46. The number of carbonyl (C=O) groups excluding carboxylic acids is 1. The third kappa shape index (κ3) is 4.57. The topological polar surface area (TPSA) is 91.9 Å². The van der Waals surface area contributed by atoms with E-state index in [-0.39, 0.29) is 31.2 Å². The molecule has 152 valence electrons. The third-order valence-corrected chi connectivity index (χ3v) is 4.56. The van der Waals surface area contributed by atoms with E-state index in [1.54, 1.807) is 42.5 Å². The van der Waals surface area contributed by atoms with Gasteiger partial charge in [0.15, 0.2) is 0 Å². The Morgan fingerprint density at radius 3 is 2.69 bits per heavy atom. The molecule has 0 spiro atoms. The summed E-state index contributed by atoms with van der Waals surface area (Å²) in [6.07, 6.45) is 0. The highest BCUT2D eigenvalue weighted by molar-refractivity contribution is 5.97. The predicted octanol–water partition coefficient (Wildman–Crippen LogP) is 2.57. The van der Waals surface area contributed by atoms with E-state index in [0.29, 0.717) is 34.7 Å². The van der Waals surface area contributed by atoms with Crippen molar-refractivity contribution in [2.24, 2.45) is 0 Å². The SMILES string of the molecule is CCOc1ccc2[nH]c(=O)c(CN(CCO)C(=O)c3ccccc3OC)cc2c1. The molecule has 0 saturated heterocycles. The first kappa shape index (κ1) is 20.4. The van der Waals surface area contributed by atoms with Gasteiger partial charge in [-0.25, -0.2) is 0 Å². The summed E-state index contributed by atoms with van der Waals surface area (Å²) in [5.41, 5.74) is 1.20. The summed E-state index contributed by atoms with van der Waals surface area (Å²) in [5, 5.41) is 10.3. The number of amides is 1. The van der Waals surface area contributed by atoms with Crippen LogP contribution in [0.3, 0.4) is 0 Å². The van der Waals surface area contributed by atoms with Crippen LogP contribution in [0.2, 0.25) is 0 Å². The van der Waals surface area contributed by atoms with E-state index in [4.69, 9.17) is 9.47 Å². The summed E-state index contributed by atoms with van der Waals surface area (Å²) in [4.78, 5) is 29.9. The highest BCUT2D eigenvalue weighted by atomic mass is 16.5. The lowest BCUT2D eigenvalue weighted by Gasteiger charge is -2.22. The van der Waals surface area contributed by atoms with Gasteiger partial charge in [-0.05, 0) is 43.3 Å². The second kappa shape index (κ2) is 9.25. The molecule has 0 fully saturated rings. The number of rotatable bonds is 8. The highest BCUT2D eigenvalue weighted by Gasteiger charge is 2.20. The average Bonchev–Trinajstić information content (AvgIpc) is 2.73. The molecule has 3 rings (SSSR count). The van der Waals surface area contributed by atoms with Gasteiger partial charge in [0.05, 0.1) is 32.4 Å². The van der Waals surface area contributed by atoms with Crippen LogP contribution in [-0.2, 0) is 6.54 Å². The number of methoxy groups -OCH3 is 1. The zero-order valence-corrected chi connectivity index (χ0v) is 16.5. The number of ether oxygens (including phenoxy) is 2. The lowest BCUT2D eigenvalue weighted by atomic mass is 10.1. The number of nitrogens with zero attached hydrogens (tertiary/aromatic N) is 1. The van der Waals surface area contributed by atoms with E-state index in [1.807, 2.05) is 13.0 Å². The van der Waals surface area contributed by atoms with Gasteiger partial charge in [0.2, 0.25) is 0 Å². The molecule has 0 radical (unpaired) electrons. The summed E-state index contributed by atoms with van der Waals surface area (Å²) < 4.78 is 10.8. The molecule has 3 aromatic rings. The van der Waals surface area contributed by atoms with Crippen LogP contribution in [0.4, 0.5) is 0 Å². The van der Waals surface area contributed by atoms with Gasteiger partial charge in [0, 0.05) is 23.0 Å². The Labute approximate surface area is 168 Å². The van der Waals surface area contributed by atoms with Gasteiger partial charge < -0.3 is 24.5 Å². The molecule has 29 heavy (non-hydrogen) atoms. The Morgan fingerprint density at radius 1 is 1.17 bits per heavy atom. The van der Waals surface area contributed by atoms with Crippen LogP contribution < -0.4 is 15.0 Å². The number of aromatic nitrogens is 1. The van der Waals surface area contributed by atoms with Gasteiger partial charge >= 0.3 is 0 Å². The van der Waals surface area contributed by atoms with Crippen molar-refractivity contribution in [3.8, 4) is 11.5 Å². The van der Waals surface area contributed by atoms with Crippen molar-refractivity contribution < 1.29 is 19.4 Å². The number of hydrogen-bond acceptors (Lipinski definition) is 5. The van der Waals surface area contributed by atoms with Gasteiger partial charge in [-0.15, -0.1) is 0 Å². The van der Waals surface area contributed by atoms with E-state index in [9.17, 15) is 14.7 Å². The Kier molecular flexibility index (Phi) is 6.51. The number of aliphatic hydroxyl groups is 1. The molecule has 0 aliphatic heterocycles. The summed E-state index contributed by atoms with van der Waals surface area (Å²) >= 11 is 0. The lowest BCUT2D eigenvalue weighted by Crippen LogP contribution is -2.35. The van der Waals surface area contributed by atoms with Crippen molar-refractivity contribution >= 4 is 16.8 Å². The van der Waals surface area contributed by atoms with Gasteiger partial charge in [0.25, 0.3) is 11.5 Å². The maximum absolute atomic E-state index is 13.0. The summed E-state index contributed by atoms with van der Waals surface area (Å²) in [7, 11) is 1.49. The summed E-state index contributed by atoms with van der Waals surface area (Å²) in [5.74, 6) is 0.823. The van der Waals surface area contributed by atoms with Crippen molar-refractivity contribution in [3.05, 3.63) is 70.0 Å². The number of carbonyl (C=O) groups is 1. The van der Waals surface area contributed by atoms with Gasteiger partial charge in [0.1, 0.15) is 11.5 Å². The van der Waals surface area contributed by atoms with E-state index in [2.05, 4.69) is 4.98 Å². The van der Waals surface area contributed by atoms with Gasteiger partial charge in [-0.2, -0.15) is 0 Å². The molecule has 7 nitrogen and oxygen atoms in total. The number of hydrogen-bond donors (Lipinski definition) is 2. The Bertz CT molecular complexity index is 1060. The second-order valence-electron chi connectivity index (χ2n) is 6.46. The molecule has 1 heterocycles. The Hall–Kier alpha value is -3.32. The van der Waals surface area contributed by atoms with E-state index >= 15 is 0 Å². The maximum Gasteiger partial charge on any atom is 0.258 e. The zero-order valence-electron chi connectivity index (χ0n) is 16.5.